The van der Waals surface area contributed by atoms with Gasteiger partial charge >= 0.3 is 0 Å². The van der Waals surface area contributed by atoms with Crippen molar-refractivity contribution < 1.29 is 14.4 Å². The van der Waals surface area contributed by atoms with Gasteiger partial charge in [-0.25, -0.2) is 0 Å². The number of hydrogen-bond acceptors (Lipinski definition) is 5. The summed E-state index contributed by atoms with van der Waals surface area (Å²) in [5.74, 6) is 1.02. The lowest BCUT2D eigenvalue weighted by Crippen LogP contribution is -2.31. The summed E-state index contributed by atoms with van der Waals surface area (Å²) in [4.78, 5) is 4.42. The van der Waals surface area contributed by atoms with Crippen molar-refractivity contribution >= 4 is 0 Å². The summed E-state index contributed by atoms with van der Waals surface area (Å²) < 4.78 is 11.1. The van der Waals surface area contributed by atoms with Crippen LogP contribution in [0, 0.1) is 6.92 Å². The fourth-order valence-corrected chi connectivity index (χ4v) is 2.48. The Morgan fingerprint density at radius 3 is 2.90 bits per heavy atom. The Labute approximate surface area is 117 Å². The molecule has 1 aliphatic rings. The van der Waals surface area contributed by atoms with E-state index in [0.29, 0.717) is 17.3 Å². The fourth-order valence-electron chi connectivity index (χ4n) is 2.48. The van der Waals surface area contributed by atoms with Crippen molar-refractivity contribution in [3.8, 4) is 17.2 Å². The van der Waals surface area contributed by atoms with E-state index in [2.05, 4.69) is 10.1 Å². The molecular formula is C15H18N2O3. The minimum Gasteiger partial charge on any atom is -0.507 e. The van der Waals surface area contributed by atoms with E-state index in [4.69, 9.17) is 9.26 Å². The molecule has 1 N–H and O–H groups in total. The monoisotopic (exact) mass is 274 g/mol. The number of aryl methyl sites for hydroxylation is 1. The zero-order chi connectivity index (χ0) is 14.2. The van der Waals surface area contributed by atoms with Crippen LogP contribution in [-0.2, 0) is 10.3 Å². The number of phenols is 1. The normalized spacial score (nSPS) is 22.9. The number of phenolic OH excluding ortho intramolecular Hbond substituents is 1. The van der Waals surface area contributed by atoms with Crippen LogP contribution in [0.1, 0.15) is 37.6 Å². The zero-order valence-electron chi connectivity index (χ0n) is 11.7. The van der Waals surface area contributed by atoms with Crippen LogP contribution in [0.3, 0.4) is 0 Å². The van der Waals surface area contributed by atoms with Crippen LogP contribution in [-0.4, -0.2) is 21.9 Å². The van der Waals surface area contributed by atoms with Gasteiger partial charge in [-0.3, -0.25) is 0 Å². The predicted molar refractivity (Wildman–Crippen MR) is 73.3 cm³/mol. The van der Waals surface area contributed by atoms with Gasteiger partial charge in [-0.2, -0.15) is 4.98 Å². The molecule has 0 aliphatic carbocycles. The minimum absolute atomic E-state index is 0.139. The lowest BCUT2D eigenvalue weighted by Gasteiger charge is -2.30. The molecule has 1 unspecified atom stereocenters. The number of aromatic hydroxyl groups is 1. The topological polar surface area (TPSA) is 68.4 Å². The standard InChI is InChI=1S/C15H18N2O3/c1-10-5-6-12(18)11(9-10)13-16-14(17-20-13)15(2)7-3-4-8-19-15/h5-6,9,18H,3-4,7-8H2,1-2H3. The quantitative estimate of drug-likeness (QED) is 0.911. The van der Waals surface area contributed by atoms with Gasteiger partial charge in [0.15, 0.2) is 0 Å². The second-order valence-electron chi connectivity index (χ2n) is 5.48. The molecule has 3 rings (SSSR count). The molecule has 0 amide bonds. The molecule has 1 aromatic heterocycles. The molecule has 0 saturated carbocycles. The highest BCUT2D eigenvalue weighted by Crippen LogP contribution is 2.35. The molecule has 2 aromatic rings. The molecule has 1 atom stereocenters. The van der Waals surface area contributed by atoms with Crippen LogP contribution in [0.2, 0.25) is 0 Å². The zero-order valence-corrected chi connectivity index (χ0v) is 11.7. The first-order chi connectivity index (χ1) is 9.58. The van der Waals surface area contributed by atoms with Crippen molar-refractivity contribution in [2.24, 2.45) is 0 Å². The Hall–Kier alpha value is -1.88. The smallest absolute Gasteiger partial charge is 0.261 e. The van der Waals surface area contributed by atoms with Gasteiger partial charge < -0.3 is 14.4 Å². The predicted octanol–water partition coefficient (Wildman–Crippen LogP) is 3.17. The lowest BCUT2D eigenvalue weighted by molar-refractivity contribution is -0.0770. The number of ether oxygens (including phenoxy) is 1. The van der Waals surface area contributed by atoms with Gasteiger partial charge in [0, 0.05) is 6.61 Å². The van der Waals surface area contributed by atoms with Crippen LogP contribution in [0.4, 0.5) is 0 Å². The Balaban J connectivity index is 1.95. The molecule has 1 fully saturated rings. The first-order valence-corrected chi connectivity index (χ1v) is 6.87. The Kier molecular flexibility index (Phi) is 3.22. The van der Waals surface area contributed by atoms with Crippen molar-refractivity contribution in [1.82, 2.24) is 10.1 Å². The van der Waals surface area contributed by atoms with Gasteiger partial charge in [-0.1, -0.05) is 16.8 Å². The van der Waals surface area contributed by atoms with Gasteiger partial charge in [0.1, 0.15) is 11.4 Å². The van der Waals surface area contributed by atoms with Crippen molar-refractivity contribution in [2.45, 2.75) is 38.7 Å². The Morgan fingerprint density at radius 2 is 2.15 bits per heavy atom. The fraction of sp³-hybridized carbons (Fsp3) is 0.467. The molecule has 1 aromatic carbocycles. The summed E-state index contributed by atoms with van der Waals surface area (Å²) in [5, 5.41) is 13.9. The second kappa shape index (κ2) is 4.90. The summed E-state index contributed by atoms with van der Waals surface area (Å²) >= 11 is 0. The number of hydrogen-bond donors (Lipinski definition) is 1. The number of benzene rings is 1. The van der Waals surface area contributed by atoms with E-state index in [1.807, 2.05) is 26.0 Å². The lowest BCUT2D eigenvalue weighted by atomic mass is 9.95. The van der Waals surface area contributed by atoms with E-state index in [9.17, 15) is 5.11 Å². The maximum atomic E-state index is 9.91. The molecule has 106 valence electrons. The molecule has 5 heteroatoms. The van der Waals surface area contributed by atoms with E-state index in [-0.39, 0.29) is 5.75 Å². The molecule has 20 heavy (non-hydrogen) atoms. The molecule has 0 bridgehead atoms. The van der Waals surface area contributed by atoms with Gasteiger partial charge in [-0.15, -0.1) is 0 Å². The summed E-state index contributed by atoms with van der Waals surface area (Å²) in [7, 11) is 0. The highest BCUT2D eigenvalue weighted by molar-refractivity contribution is 5.63. The van der Waals surface area contributed by atoms with E-state index in [1.54, 1.807) is 6.07 Å². The maximum absolute atomic E-state index is 9.91. The summed E-state index contributed by atoms with van der Waals surface area (Å²) in [5.41, 5.74) is 1.10. The van der Waals surface area contributed by atoms with Crippen LogP contribution < -0.4 is 0 Å². The Bertz CT molecular complexity index is 615. The summed E-state index contributed by atoms with van der Waals surface area (Å²) in [6, 6.07) is 5.30. The third-order valence-electron chi connectivity index (χ3n) is 3.75. The van der Waals surface area contributed by atoms with Crippen LogP contribution >= 0.6 is 0 Å². The van der Waals surface area contributed by atoms with Crippen molar-refractivity contribution in [3.63, 3.8) is 0 Å². The molecule has 1 saturated heterocycles. The summed E-state index contributed by atoms with van der Waals surface area (Å²) in [6.07, 6.45) is 3.04. The SMILES string of the molecule is Cc1ccc(O)c(-c2nc(C3(C)CCCCO3)no2)c1. The van der Waals surface area contributed by atoms with E-state index >= 15 is 0 Å². The number of aromatic nitrogens is 2. The first-order valence-electron chi connectivity index (χ1n) is 6.87. The third kappa shape index (κ3) is 2.29. The summed E-state index contributed by atoms with van der Waals surface area (Å²) in [6.45, 7) is 4.65. The minimum atomic E-state index is -0.487. The van der Waals surface area contributed by atoms with E-state index in [1.165, 1.54) is 0 Å². The van der Waals surface area contributed by atoms with Gasteiger partial charge in [0.05, 0.1) is 5.56 Å². The number of rotatable bonds is 2. The molecule has 0 radical (unpaired) electrons. The average Bonchev–Trinajstić information content (AvgIpc) is 2.93. The number of nitrogens with zero attached hydrogens (tertiary/aromatic N) is 2. The van der Waals surface area contributed by atoms with Crippen molar-refractivity contribution in [3.05, 3.63) is 29.6 Å². The molecule has 5 nitrogen and oxygen atoms in total. The third-order valence-corrected chi connectivity index (χ3v) is 3.75. The van der Waals surface area contributed by atoms with Gasteiger partial charge in [-0.05, 0) is 45.2 Å². The Morgan fingerprint density at radius 1 is 1.30 bits per heavy atom. The highest BCUT2D eigenvalue weighted by atomic mass is 16.5. The van der Waals surface area contributed by atoms with Gasteiger partial charge in [0.2, 0.25) is 5.82 Å². The van der Waals surface area contributed by atoms with E-state index < -0.39 is 5.60 Å². The van der Waals surface area contributed by atoms with E-state index in [0.717, 1.165) is 31.4 Å². The molecule has 0 spiro atoms. The highest BCUT2D eigenvalue weighted by Gasteiger charge is 2.35. The largest absolute Gasteiger partial charge is 0.507 e. The van der Waals surface area contributed by atoms with Crippen molar-refractivity contribution in [1.29, 1.82) is 0 Å². The van der Waals surface area contributed by atoms with Crippen molar-refractivity contribution in [2.75, 3.05) is 6.61 Å². The first kappa shape index (κ1) is 13.1. The van der Waals surface area contributed by atoms with Crippen LogP contribution in [0.15, 0.2) is 22.7 Å². The average molecular weight is 274 g/mol. The molecule has 2 heterocycles. The molecular weight excluding hydrogens is 256 g/mol. The van der Waals surface area contributed by atoms with Crippen LogP contribution in [0.5, 0.6) is 5.75 Å². The maximum Gasteiger partial charge on any atom is 0.261 e. The second-order valence-corrected chi connectivity index (χ2v) is 5.48. The van der Waals surface area contributed by atoms with Crippen LogP contribution in [0.25, 0.3) is 11.5 Å². The van der Waals surface area contributed by atoms with Gasteiger partial charge in [0.25, 0.3) is 5.89 Å². The molecule has 1 aliphatic heterocycles.